The zero-order valence-electron chi connectivity index (χ0n) is 14.6. The average Bonchev–Trinajstić information content (AvgIpc) is 3.05. The van der Waals surface area contributed by atoms with Gasteiger partial charge in [-0.25, -0.2) is 4.79 Å². The Kier molecular flexibility index (Phi) is 5.67. The van der Waals surface area contributed by atoms with Gasteiger partial charge in [0.15, 0.2) is 0 Å². The van der Waals surface area contributed by atoms with E-state index in [1.54, 1.807) is 24.3 Å². The molecule has 1 aromatic carbocycles. The predicted molar refractivity (Wildman–Crippen MR) is 111 cm³/mol. The summed E-state index contributed by atoms with van der Waals surface area (Å²) in [5, 5.41) is 6.66. The van der Waals surface area contributed by atoms with E-state index < -0.39 is 11.9 Å². The molecule has 27 heavy (non-hydrogen) atoms. The topological polar surface area (TPSA) is 87.5 Å². The second kappa shape index (κ2) is 7.67. The number of nitrogens with one attached hydrogen (secondary N) is 2. The fourth-order valence-corrected chi connectivity index (χ4v) is 5.46. The third-order valence-corrected chi connectivity index (χ3v) is 6.70. The Bertz CT molecular complexity index is 884. The Morgan fingerprint density at radius 2 is 1.93 bits per heavy atom. The Morgan fingerprint density at radius 1 is 1.22 bits per heavy atom. The van der Waals surface area contributed by atoms with Crippen molar-refractivity contribution >= 4 is 58.0 Å². The first kappa shape index (κ1) is 19.9. The number of fused-ring (bicyclic) bond motifs is 4. The van der Waals surface area contributed by atoms with Crippen molar-refractivity contribution in [2.24, 2.45) is 5.73 Å². The van der Waals surface area contributed by atoms with Gasteiger partial charge in [0.2, 0.25) is 0 Å². The Balaban J connectivity index is 0.00000210. The first-order chi connectivity index (χ1) is 12.4. The van der Waals surface area contributed by atoms with Crippen LogP contribution < -0.4 is 16.4 Å². The van der Waals surface area contributed by atoms with Crippen LogP contribution >= 0.6 is 35.3 Å². The van der Waals surface area contributed by atoms with Crippen LogP contribution in [0.15, 0.2) is 24.3 Å². The number of urea groups is 1. The number of benzene rings is 1. The number of carbonyl (C=O) groups excluding carboxylic acids is 2. The number of thiophene rings is 1. The molecule has 4 rings (SSSR count). The Labute approximate surface area is 172 Å². The maximum Gasteiger partial charge on any atom is 0.324 e. The number of nitrogens with two attached hydrogens (primary N) is 1. The average molecular weight is 427 g/mol. The van der Waals surface area contributed by atoms with Gasteiger partial charge in [-0.3, -0.25) is 15.0 Å². The fraction of sp³-hybridized carbons (Fsp3) is 0.333. The molecule has 144 valence electrons. The maximum absolute atomic E-state index is 12.4. The van der Waals surface area contributed by atoms with Gasteiger partial charge in [-0.15, -0.1) is 23.7 Å². The highest BCUT2D eigenvalue weighted by Gasteiger charge is 2.41. The van der Waals surface area contributed by atoms with E-state index in [2.05, 4.69) is 22.6 Å². The number of carbonyl (C=O) groups is 2. The summed E-state index contributed by atoms with van der Waals surface area (Å²) in [6.45, 7) is 0. The first-order valence-corrected chi connectivity index (χ1v) is 9.64. The Morgan fingerprint density at radius 3 is 2.59 bits per heavy atom. The lowest BCUT2D eigenvalue weighted by molar-refractivity contribution is 0.0999. The van der Waals surface area contributed by atoms with Crippen LogP contribution in [0.25, 0.3) is 0 Å². The summed E-state index contributed by atoms with van der Waals surface area (Å²) in [5.74, 6) is -0.492. The second-order valence-corrected chi connectivity index (χ2v) is 8.20. The smallest absolute Gasteiger partial charge is 0.324 e. The summed E-state index contributed by atoms with van der Waals surface area (Å²) >= 11 is 7.31. The van der Waals surface area contributed by atoms with E-state index in [9.17, 15) is 9.59 Å². The molecule has 2 aliphatic rings. The van der Waals surface area contributed by atoms with Crippen molar-refractivity contribution in [1.82, 2.24) is 4.90 Å². The molecule has 1 saturated heterocycles. The minimum Gasteiger partial charge on any atom is -0.365 e. The van der Waals surface area contributed by atoms with Gasteiger partial charge >= 0.3 is 6.03 Å². The van der Waals surface area contributed by atoms with Crippen molar-refractivity contribution in [3.8, 4) is 0 Å². The first-order valence-electron chi connectivity index (χ1n) is 8.45. The Hall–Kier alpha value is -1.80. The van der Waals surface area contributed by atoms with E-state index in [1.165, 1.54) is 11.3 Å². The number of amides is 3. The molecule has 0 radical (unpaired) electrons. The molecule has 2 aromatic rings. The van der Waals surface area contributed by atoms with E-state index in [0.717, 1.165) is 29.7 Å². The second-order valence-electron chi connectivity index (χ2n) is 6.72. The summed E-state index contributed by atoms with van der Waals surface area (Å²) in [5.41, 5.74) is 7.73. The number of likely N-dealkylation sites (N-methyl/N-ethyl adjacent to an activating group) is 1. The standard InChI is InChI=1S/C18H19ClN4O2S.ClH/c1-23-11-6-7-13(23)15-12(8-11)14(16(20)24)17(26-15)22-18(25)21-10-4-2-9(19)3-5-10;/h2-5,11,13H,6-8H2,1H3,(H2,20,24)(H2,21,22,25);1H/t11-,13+;/m1./s1. The van der Waals surface area contributed by atoms with Gasteiger partial charge in [0.05, 0.1) is 5.56 Å². The molecule has 0 saturated carbocycles. The number of anilines is 2. The number of primary amides is 1. The highest BCUT2D eigenvalue weighted by Crippen LogP contribution is 2.49. The summed E-state index contributed by atoms with van der Waals surface area (Å²) in [6.07, 6.45) is 3.00. The summed E-state index contributed by atoms with van der Waals surface area (Å²) in [6, 6.07) is 7.16. The van der Waals surface area contributed by atoms with Crippen LogP contribution in [0.1, 0.15) is 39.7 Å². The van der Waals surface area contributed by atoms with Gasteiger partial charge in [0.25, 0.3) is 5.91 Å². The molecule has 0 unspecified atom stereocenters. The summed E-state index contributed by atoms with van der Waals surface area (Å²) < 4.78 is 0. The molecule has 1 fully saturated rings. The van der Waals surface area contributed by atoms with E-state index in [-0.39, 0.29) is 12.4 Å². The molecule has 0 aliphatic carbocycles. The minimum atomic E-state index is -0.492. The lowest BCUT2D eigenvalue weighted by Gasteiger charge is -2.31. The SMILES string of the molecule is CN1[C@@H]2CC[C@H]1c1sc(NC(=O)Nc3ccc(Cl)cc3)c(C(N)=O)c1C2.Cl. The van der Waals surface area contributed by atoms with Crippen LogP contribution in [0.5, 0.6) is 0 Å². The van der Waals surface area contributed by atoms with Gasteiger partial charge in [0, 0.05) is 27.7 Å². The van der Waals surface area contributed by atoms with E-state index in [1.807, 2.05) is 0 Å². The number of rotatable bonds is 3. The molecular formula is C18H20Cl2N4O2S. The normalized spacial score (nSPS) is 20.5. The third-order valence-electron chi connectivity index (χ3n) is 5.20. The molecule has 1 aromatic heterocycles. The lowest BCUT2D eigenvalue weighted by Crippen LogP contribution is -2.34. The van der Waals surface area contributed by atoms with Crippen LogP contribution in [-0.2, 0) is 6.42 Å². The van der Waals surface area contributed by atoms with Crippen LogP contribution in [0, 0.1) is 0 Å². The van der Waals surface area contributed by atoms with E-state index in [0.29, 0.717) is 33.4 Å². The maximum atomic E-state index is 12.4. The molecule has 2 aliphatic heterocycles. The zero-order chi connectivity index (χ0) is 18.4. The number of halogens is 2. The minimum absolute atomic E-state index is 0. The summed E-state index contributed by atoms with van der Waals surface area (Å²) in [4.78, 5) is 28.0. The largest absolute Gasteiger partial charge is 0.365 e. The van der Waals surface area contributed by atoms with Crippen molar-refractivity contribution in [3.63, 3.8) is 0 Å². The third kappa shape index (κ3) is 3.65. The molecule has 2 bridgehead atoms. The van der Waals surface area contributed by atoms with Gasteiger partial charge in [0.1, 0.15) is 5.00 Å². The van der Waals surface area contributed by atoms with Crippen molar-refractivity contribution in [2.45, 2.75) is 31.3 Å². The van der Waals surface area contributed by atoms with Crippen molar-refractivity contribution in [2.75, 3.05) is 17.7 Å². The van der Waals surface area contributed by atoms with Crippen LogP contribution in [0.4, 0.5) is 15.5 Å². The lowest BCUT2D eigenvalue weighted by atomic mass is 9.97. The van der Waals surface area contributed by atoms with Crippen LogP contribution in [0.3, 0.4) is 0 Å². The molecule has 3 amide bonds. The van der Waals surface area contributed by atoms with E-state index >= 15 is 0 Å². The molecule has 4 N–H and O–H groups in total. The molecule has 0 spiro atoms. The van der Waals surface area contributed by atoms with Gasteiger partial charge in [-0.1, -0.05) is 11.6 Å². The van der Waals surface area contributed by atoms with Gasteiger partial charge in [-0.2, -0.15) is 0 Å². The van der Waals surface area contributed by atoms with Crippen molar-refractivity contribution in [1.29, 1.82) is 0 Å². The molecule has 3 heterocycles. The molecule has 9 heteroatoms. The molecular weight excluding hydrogens is 407 g/mol. The van der Waals surface area contributed by atoms with Crippen molar-refractivity contribution < 1.29 is 9.59 Å². The monoisotopic (exact) mass is 426 g/mol. The zero-order valence-corrected chi connectivity index (χ0v) is 17.0. The van der Waals surface area contributed by atoms with Crippen LogP contribution in [0.2, 0.25) is 5.02 Å². The van der Waals surface area contributed by atoms with Gasteiger partial charge < -0.3 is 11.1 Å². The quantitative estimate of drug-likeness (QED) is 0.684. The van der Waals surface area contributed by atoms with E-state index in [4.69, 9.17) is 17.3 Å². The van der Waals surface area contributed by atoms with Crippen LogP contribution in [-0.4, -0.2) is 29.9 Å². The summed E-state index contributed by atoms with van der Waals surface area (Å²) in [7, 11) is 2.12. The fourth-order valence-electron chi connectivity index (χ4n) is 3.91. The predicted octanol–water partition coefficient (Wildman–Crippen LogP) is 4.26. The number of nitrogens with zero attached hydrogens (tertiary/aromatic N) is 1. The van der Waals surface area contributed by atoms with Crippen molar-refractivity contribution in [3.05, 3.63) is 45.3 Å². The highest BCUT2D eigenvalue weighted by atomic mass is 35.5. The number of hydrogen-bond acceptors (Lipinski definition) is 4. The van der Waals surface area contributed by atoms with Gasteiger partial charge in [-0.05, 0) is 56.1 Å². The molecule has 6 nitrogen and oxygen atoms in total. The number of hydrogen-bond donors (Lipinski definition) is 3. The highest BCUT2D eigenvalue weighted by molar-refractivity contribution is 7.17. The molecule has 2 atom stereocenters.